The van der Waals surface area contributed by atoms with Gasteiger partial charge in [0.25, 0.3) is 0 Å². The molecule has 4 heteroatoms. The molecule has 1 atom stereocenters. The Morgan fingerprint density at radius 2 is 1.95 bits per heavy atom. The third-order valence-corrected chi connectivity index (χ3v) is 4.06. The van der Waals surface area contributed by atoms with Crippen LogP contribution in [0, 0.1) is 0 Å². The van der Waals surface area contributed by atoms with E-state index in [1.807, 2.05) is 29.1 Å². The van der Waals surface area contributed by atoms with Gasteiger partial charge in [0, 0.05) is 12.4 Å². The molecule has 0 amide bonds. The van der Waals surface area contributed by atoms with E-state index >= 15 is 0 Å². The number of anilines is 1. The summed E-state index contributed by atoms with van der Waals surface area (Å²) in [6.07, 6.45) is 4.73. The van der Waals surface area contributed by atoms with Gasteiger partial charge >= 0.3 is 0 Å². The SMILES string of the molecule is CC1(C)CC(Nc2ccccc2-n2cccn2)C(C)(C)O1. The van der Waals surface area contributed by atoms with Gasteiger partial charge in [0.2, 0.25) is 0 Å². The van der Waals surface area contributed by atoms with Crippen LogP contribution in [0.4, 0.5) is 5.69 Å². The van der Waals surface area contributed by atoms with Crippen molar-refractivity contribution in [3.05, 3.63) is 42.7 Å². The predicted molar refractivity (Wildman–Crippen MR) is 84.8 cm³/mol. The minimum Gasteiger partial charge on any atom is -0.378 e. The van der Waals surface area contributed by atoms with Crippen LogP contribution in [0.25, 0.3) is 5.69 Å². The van der Waals surface area contributed by atoms with Crippen LogP contribution < -0.4 is 5.32 Å². The van der Waals surface area contributed by atoms with E-state index in [-0.39, 0.29) is 17.2 Å². The molecule has 1 aromatic carbocycles. The molecule has 2 heterocycles. The number of benzene rings is 1. The van der Waals surface area contributed by atoms with Gasteiger partial charge in [-0.1, -0.05) is 12.1 Å². The highest BCUT2D eigenvalue weighted by Gasteiger charge is 2.45. The van der Waals surface area contributed by atoms with Crippen LogP contribution in [0.5, 0.6) is 0 Å². The molecule has 0 aliphatic carbocycles. The molecule has 4 nitrogen and oxygen atoms in total. The van der Waals surface area contributed by atoms with Gasteiger partial charge < -0.3 is 10.1 Å². The summed E-state index contributed by atoms with van der Waals surface area (Å²) in [6.45, 7) is 8.59. The van der Waals surface area contributed by atoms with Gasteiger partial charge in [0.1, 0.15) is 0 Å². The van der Waals surface area contributed by atoms with E-state index in [1.165, 1.54) is 0 Å². The molecule has 112 valence electrons. The topological polar surface area (TPSA) is 39.1 Å². The molecule has 0 bridgehead atoms. The van der Waals surface area contributed by atoms with Crippen LogP contribution in [-0.2, 0) is 4.74 Å². The fourth-order valence-electron chi connectivity index (χ4n) is 3.18. The van der Waals surface area contributed by atoms with Gasteiger partial charge in [-0.15, -0.1) is 0 Å². The largest absolute Gasteiger partial charge is 0.378 e. The van der Waals surface area contributed by atoms with Crippen LogP contribution in [-0.4, -0.2) is 27.0 Å². The number of nitrogens with zero attached hydrogens (tertiary/aromatic N) is 2. The maximum atomic E-state index is 6.17. The fraction of sp³-hybridized carbons (Fsp3) is 0.471. The highest BCUT2D eigenvalue weighted by atomic mass is 16.5. The molecule has 1 N–H and O–H groups in total. The van der Waals surface area contributed by atoms with Crippen LogP contribution in [0.15, 0.2) is 42.7 Å². The summed E-state index contributed by atoms with van der Waals surface area (Å²) in [5, 5.41) is 7.99. The Balaban J connectivity index is 1.90. The number of nitrogens with one attached hydrogen (secondary N) is 1. The van der Waals surface area contributed by atoms with Crippen molar-refractivity contribution in [3.63, 3.8) is 0 Å². The molecule has 1 unspecified atom stereocenters. The number of hydrogen-bond acceptors (Lipinski definition) is 3. The predicted octanol–water partition coefficient (Wildman–Crippen LogP) is 3.63. The van der Waals surface area contributed by atoms with Crippen molar-refractivity contribution in [2.75, 3.05) is 5.32 Å². The highest BCUT2D eigenvalue weighted by Crippen LogP contribution is 2.39. The van der Waals surface area contributed by atoms with Crippen LogP contribution in [0.1, 0.15) is 34.1 Å². The standard InChI is InChI=1S/C17H23N3O/c1-16(2)12-15(17(3,4)21-16)19-13-8-5-6-9-14(13)20-11-7-10-18-20/h5-11,15,19H,12H2,1-4H3. The Bertz CT molecular complexity index is 617. The third kappa shape index (κ3) is 2.81. The van der Waals surface area contributed by atoms with E-state index < -0.39 is 0 Å². The Morgan fingerprint density at radius 3 is 2.57 bits per heavy atom. The second-order valence-corrected chi connectivity index (χ2v) is 6.83. The van der Waals surface area contributed by atoms with E-state index in [1.54, 1.807) is 6.20 Å². The molecule has 1 aromatic heterocycles. The minimum atomic E-state index is -0.194. The Kier molecular flexibility index (Phi) is 3.29. The lowest BCUT2D eigenvalue weighted by Crippen LogP contribution is -2.38. The first kappa shape index (κ1) is 14.1. The van der Waals surface area contributed by atoms with Crippen molar-refractivity contribution in [1.82, 2.24) is 9.78 Å². The monoisotopic (exact) mass is 285 g/mol. The second kappa shape index (κ2) is 4.88. The molecule has 1 aliphatic heterocycles. The van der Waals surface area contributed by atoms with Gasteiger partial charge in [-0.05, 0) is 52.3 Å². The minimum absolute atomic E-state index is 0.0954. The van der Waals surface area contributed by atoms with Gasteiger partial charge in [-0.25, -0.2) is 4.68 Å². The Hall–Kier alpha value is -1.81. The zero-order chi connectivity index (χ0) is 15.1. The van der Waals surface area contributed by atoms with Crippen LogP contribution >= 0.6 is 0 Å². The summed E-state index contributed by atoms with van der Waals surface area (Å²) in [6, 6.07) is 10.4. The van der Waals surface area contributed by atoms with Gasteiger partial charge in [0.05, 0.1) is 28.6 Å². The van der Waals surface area contributed by atoms with E-state index in [0.717, 1.165) is 17.8 Å². The molecule has 1 aliphatic rings. The zero-order valence-electron chi connectivity index (χ0n) is 13.1. The number of para-hydroxylation sites is 2. The third-order valence-electron chi connectivity index (χ3n) is 4.06. The van der Waals surface area contributed by atoms with Crippen molar-refractivity contribution in [2.45, 2.75) is 51.4 Å². The number of hydrogen-bond donors (Lipinski definition) is 1. The summed E-state index contributed by atoms with van der Waals surface area (Å²) in [7, 11) is 0. The first-order chi connectivity index (χ1) is 9.87. The Labute approximate surface area is 126 Å². The molecular formula is C17H23N3O. The lowest BCUT2D eigenvalue weighted by Gasteiger charge is -2.29. The number of aromatic nitrogens is 2. The number of rotatable bonds is 3. The second-order valence-electron chi connectivity index (χ2n) is 6.83. The van der Waals surface area contributed by atoms with Crippen molar-refractivity contribution in [1.29, 1.82) is 0 Å². The van der Waals surface area contributed by atoms with Crippen molar-refractivity contribution < 1.29 is 4.74 Å². The van der Waals surface area contributed by atoms with Crippen molar-refractivity contribution in [3.8, 4) is 5.69 Å². The van der Waals surface area contributed by atoms with E-state index in [4.69, 9.17) is 4.74 Å². The average molecular weight is 285 g/mol. The zero-order valence-corrected chi connectivity index (χ0v) is 13.1. The van der Waals surface area contributed by atoms with Crippen LogP contribution in [0.3, 0.4) is 0 Å². The first-order valence-electron chi connectivity index (χ1n) is 7.43. The van der Waals surface area contributed by atoms with Crippen LogP contribution in [0.2, 0.25) is 0 Å². The smallest absolute Gasteiger partial charge is 0.0876 e. The summed E-state index contributed by atoms with van der Waals surface area (Å²) in [4.78, 5) is 0. The fourth-order valence-corrected chi connectivity index (χ4v) is 3.18. The molecule has 0 radical (unpaired) electrons. The molecule has 1 fully saturated rings. The summed E-state index contributed by atoms with van der Waals surface area (Å²) in [5.41, 5.74) is 1.85. The van der Waals surface area contributed by atoms with Gasteiger partial charge in [-0.2, -0.15) is 5.10 Å². The quantitative estimate of drug-likeness (QED) is 0.936. The molecule has 0 saturated carbocycles. The van der Waals surface area contributed by atoms with Crippen molar-refractivity contribution in [2.24, 2.45) is 0 Å². The molecule has 2 aromatic rings. The van der Waals surface area contributed by atoms with Gasteiger partial charge in [-0.3, -0.25) is 0 Å². The number of ether oxygens (including phenoxy) is 1. The first-order valence-corrected chi connectivity index (χ1v) is 7.43. The van der Waals surface area contributed by atoms with Crippen molar-refractivity contribution >= 4 is 5.69 Å². The highest BCUT2D eigenvalue weighted by molar-refractivity contribution is 5.61. The lowest BCUT2D eigenvalue weighted by atomic mass is 9.94. The molecular weight excluding hydrogens is 262 g/mol. The Morgan fingerprint density at radius 1 is 1.19 bits per heavy atom. The maximum Gasteiger partial charge on any atom is 0.0876 e. The summed E-state index contributed by atoms with van der Waals surface area (Å²) in [5.74, 6) is 0. The molecule has 0 spiro atoms. The molecule has 1 saturated heterocycles. The molecule has 21 heavy (non-hydrogen) atoms. The van der Waals surface area contributed by atoms with E-state index in [2.05, 4.69) is 50.2 Å². The van der Waals surface area contributed by atoms with E-state index in [0.29, 0.717) is 0 Å². The summed E-state index contributed by atoms with van der Waals surface area (Å²) < 4.78 is 8.05. The normalized spacial score (nSPS) is 23.1. The van der Waals surface area contributed by atoms with Gasteiger partial charge in [0.15, 0.2) is 0 Å². The van der Waals surface area contributed by atoms with E-state index in [9.17, 15) is 0 Å². The average Bonchev–Trinajstić information content (AvgIpc) is 2.96. The summed E-state index contributed by atoms with van der Waals surface area (Å²) >= 11 is 0. The maximum absolute atomic E-state index is 6.17. The molecule has 3 rings (SSSR count). The lowest BCUT2D eigenvalue weighted by molar-refractivity contribution is -0.0662.